The smallest absolute Gasteiger partial charge is 0.268 e. The van der Waals surface area contributed by atoms with Gasteiger partial charge < -0.3 is 5.32 Å². The van der Waals surface area contributed by atoms with Gasteiger partial charge in [-0.3, -0.25) is 9.36 Å². The first-order valence-corrected chi connectivity index (χ1v) is 7.84. The normalized spacial score (nSPS) is 14.1. The Bertz CT molecular complexity index is 943. The highest BCUT2D eigenvalue weighted by atomic mass is 35.5. The number of nitrogens with one attached hydrogen (secondary N) is 1. The number of benzene rings is 1. The lowest BCUT2D eigenvalue weighted by Crippen LogP contribution is -2.27. The number of hydrogen-bond donors (Lipinski definition) is 1. The molecule has 2 aromatic heterocycles. The molecule has 0 aliphatic heterocycles. The second-order valence-electron chi connectivity index (χ2n) is 5.75. The molecule has 0 atom stereocenters. The van der Waals surface area contributed by atoms with Crippen molar-refractivity contribution >= 4 is 28.5 Å². The molecule has 0 saturated heterocycles. The van der Waals surface area contributed by atoms with Crippen LogP contribution in [0.2, 0.25) is 5.02 Å². The zero-order chi connectivity index (χ0) is 16.8. The van der Waals surface area contributed by atoms with E-state index in [2.05, 4.69) is 10.3 Å². The van der Waals surface area contributed by atoms with E-state index in [1.807, 2.05) is 0 Å². The summed E-state index contributed by atoms with van der Waals surface area (Å²) in [4.78, 5) is 16.8. The van der Waals surface area contributed by atoms with Gasteiger partial charge in [-0.25, -0.2) is 13.8 Å². The van der Waals surface area contributed by atoms with Crippen molar-refractivity contribution in [3.8, 4) is 5.69 Å². The molecule has 4 rings (SSSR count). The maximum Gasteiger partial charge on any atom is 0.268 e. The Morgan fingerprint density at radius 3 is 2.62 bits per heavy atom. The van der Waals surface area contributed by atoms with E-state index in [0.29, 0.717) is 11.0 Å². The van der Waals surface area contributed by atoms with Crippen molar-refractivity contribution in [1.82, 2.24) is 14.9 Å². The molecule has 24 heavy (non-hydrogen) atoms. The summed E-state index contributed by atoms with van der Waals surface area (Å²) in [6.45, 7) is 0. The molecule has 122 valence electrons. The Labute approximate surface area is 141 Å². The predicted octanol–water partition coefficient (Wildman–Crippen LogP) is 3.85. The van der Waals surface area contributed by atoms with Crippen LogP contribution in [-0.2, 0) is 0 Å². The standard InChI is InChI=1S/C17H12ClF2N3O/c18-15-12(19)7-11(8-13(15)20)23-14(17(24)22-10-3-4-10)6-9-2-1-5-21-16(9)23/h1-2,5-8,10H,3-4H2,(H,22,24). The molecule has 2 heterocycles. The van der Waals surface area contributed by atoms with E-state index in [4.69, 9.17) is 11.6 Å². The fraction of sp³-hybridized carbons (Fsp3) is 0.176. The number of aromatic nitrogens is 2. The lowest BCUT2D eigenvalue weighted by atomic mass is 10.2. The second-order valence-corrected chi connectivity index (χ2v) is 6.13. The SMILES string of the molecule is O=C(NC1CC1)c1cc2cccnc2n1-c1cc(F)c(Cl)c(F)c1. The molecule has 0 unspecified atom stereocenters. The van der Waals surface area contributed by atoms with Crippen LogP contribution in [0.25, 0.3) is 16.7 Å². The minimum absolute atomic E-state index is 0.157. The summed E-state index contributed by atoms with van der Waals surface area (Å²) in [6, 6.07) is 7.52. The van der Waals surface area contributed by atoms with Crippen LogP contribution in [-0.4, -0.2) is 21.5 Å². The van der Waals surface area contributed by atoms with Gasteiger partial charge >= 0.3 is 0 Å². The van der Waals surface area contributed by atoms with Crippen LogP contribution in [0.15, 0.2) is 36.5 Å². The van der Waals surface area contributed by atoms with Crippen molar-refractivity contribution < 1.29 is 13.6 Å². The molecule has 1 aromatic carbocycles. The molecule has 3 aromatic rings. The summed E-state index contributed by atoms with van der Waals surface area (Å²) < 4.78 is 29.2. The number of hydrogen-bond acceptors (Lipinski definition) is 2. The van der Waals surface area contributed by atoms with Crippen LogP contribution in [0.5, 0.6) is 0 Å². The minimum atomic E-state index is -0.891. The predicted molar refractivity (Wildman–Crippen MR) is 86.5 cm³/mol. The molecule has 1 amide bonds. The van der Waals surface area contributed by atoms with Crippen molar-refractivity contribution in [2.24, 2.45) is 0 Å². The Balaban J connectivity index is 1.93. The van der Waals surface area contributed by atoms with Gasteiger partial charge in [-0.2, -0.15) is 0 Å². The number of rotatable bonds is 3. The highest BCUT2D eigenvalue weighted by Crippen LogP contribution is 2.28. The first kappa shape index (κ1) is 15.1. The second kappa shape index (κ2) is 5.56. The van der Waals surface area contributed by atoms with Crippen molar-refractivity contribution in [3.63, 3.8) is 0 Å². The number of carbonyl (C=O) groups is 1. The maximum atomic E-state index is 13.9. The average Bonchev–Trinajstić information content (AvgIpc) is 3.28. The first-order chi connectivity index (χ1) is 11.5. The third-order valence-electron chi connectivity index (χ3n) is 3.93. The molecule has 7 heteroatoms. The van der Waals surface area contributed by atoms with Gasteiger partial charge in [0, 0.05) is 17.6 Å². The van der Waals surface area contributed by atoms with Crippen LogP contribution in [0.1, 0.15) is 23.3 Å². The zero-order valence-corrected chi connectivity index (χ0v) is 13.1. The van der Waals surface area contributed by atoms with E-state index in [1.165, 1.54) is 4.57 Å². The molecule has 0 bridgehead atoms. The molecular formula is C17H12ClF2N3O. The molecule has 0 spiro atoms. The molecule has 1 saturated carbocycles. The van der Waals surface area contributed by atoms with E-state index in [-0.39, 0.29) is 23.3 Å². The molecule has 0 radical (unpaired) electrons. The number of halogens is 3. The van der Waals surface area contributed by atoms with E-state index >= 15 is 0 Å². The van der Waals surface area contributed by atoms with Gasteiger partial charge in [-0.05, 0) is 43.2 Å². The van der Waals surface area contributed by atoms with Crippen LogP contribution in [0.4, 0.5) is 8.78 Å². The summed E-state index contributed by atoms with van der Waals surface area (Å²) in [6.07, 6.45) is 3.44. The van der Waals surface area contributed by atoms with Crippen LogP contribution in [0, 0.1) is 11.6 Å². The van der Waals surface area contributed by atoms with Crippen molar-refractivity contribution in [3.05, 3.63) is 58.9 Å². The molecule has 4 nitrogen and oxygen atoms in total. The van der Waals surface area contributed by atoms with Crippen LogP contribution >= 0.6 is 11.6 Å². The number of carbonyl (C=O) groups excluding carboxylic acids is 1. The van der Waals surface area contributed by atoms with Gasteiger partial charge in [0.2, 0.25) is 0 Å². The quantitative estimate of drug-likeness (QED) is 0.731. The number of fused-ring (bicyclic) bond motifs is 1. The summed E-state index contributed by atoms with van der Waals surface area (Å²) in [5.74, 6) is -2.08. The Morgan fingerprint density at radius 2 is 1.96 bits per heavy atom. The third-order valence-corrected chi connectivity index (χ3v) is 4.29. The van der Waals surface area contributed by atoms with Gasteiger partial charge in [-0.15, -0.1) is 0 Å². The van der Waals surface area contributed by atoms with E-state index in [0.717, 1.165) is 25.0 Å². The van der Waals surface area contributed by atoms with Crippen molar-refractivity contribution in [1.29, 1.82) is 0 Å². The average molecular weight is 348 g/mol. The number of pyridine rings is 1. The fourth-order valence-electron chi connectivity index (χ4n) is 2.62. The monoisotopic (exact) mass is 347 g/mol. The van der Waals surface area contributed by atoms with Gasteiger partial charge in [0.25, 0.3) is 5.91 Å². The molecule has 1 fully saturated rings. The maximum absolute atomic E-state index is 13.9. The van der Waals surface area contributed by atoms with Gasteiger partial charge in [-0.1, -0.05) is 11.6 Å². The van der Waals surface area contributed by atoms with Crippen molar-refractivity contribution in [2.75, 3.05) is 0 Å². The molecule has 1 N–H and O–H groups in total. The van der Waals surface area contributed by atoms with Crippen LogP contribution < -0.4 is 5.32 Å². The van der Waals surface area contributed by atoms with Gasteiger partial charge in [0.05, 0.1) is 5.69 Å². The Kier molecular flexibility index (Phi) is 3.49. The summed E-state index contributed by atoms with van der Waals surface area (Å²) in [5, 5.41) is 3.01. The molecular weight excluding hydrogens is 336 g/mol. The van der Waals surface area contributed by atoms with E-state index in [9.17, 15) is 13.6 Å². The summed E-state index contributed by atoms with van der Waals surface area (Å²) in [7, 11) is 0. The number of nitrogens with zero attached hydrogens (tertiary/aromatic N) is 2. The summed E-state index contributed by atoms with van der Waals surface area (Å²) >= 11 is 5.55. The van der Waals surface area contributed by atoms with E-state index < -0.39 is 16.7 Å². The minimum Gasteiger partial charge on any atom is -0.348 e. The van der Waals surface area contributed by atoms with Crippen molar-refractivity contribution in [2.45, 2.75) is 18.9 Å². The lowest BCUT2D eigenvalue weighted by molar-refractivity contribution is 0.0944. The molecule has 1 aliphatic rings. The topological polar surface area (TPSA) is 46.9 Å². The summed E-state index contributed by atoms with van der Waals surface area (Å²) in [5.41, 5.74) is 0.875. The highest BCUT2D eigenvalue weighted by molar-refractivity contribution is 6.30. The Hall–Kier alpha value is -2.47. The van der Waals surface area contributed by atoms with Gasteiger partial charge in [0.15, 0.2) is 0 Å². The molecule has 1 aliphatic carbocycles. The van der Waals surface area contributed by atoms with Crippen LogP contribution in [0.3, 0.4) is 0 Å². The van der Waals surface area contributed by atoms with Gasteiger partial charge in [0.1, 0.15) is 28.0 Å². The lowest BCUT2D eigenvalue weighted by Gasteiger charge is -2.11. The van der Waals surface area contributed by atoms with E-state index in [1.54, 1.807) is 24.4 Å². The largest absolute Gasteiger partial charge is 0.348 e. The third kappa shape index (κ3) is 2.53. The fourth-order valence-corrected chi connectivity index (χ4v) is 2.73. The highest BCUT2D eigenvalue weighted by Gasteiger charge is 2.26. The first-order valence-electron chi connectivity index (χ1n) is 7.47. The number of amides is 1. The Morgan fingerprint density at radius 1 is 1.25 bits per heavy atom. The zero-order valence-electron chi connectivity index (χ0n) is 12.4.